The van der Waals surface area contributed by atoms with Crippen LogP contribution in [0.2, 0.25) is 0 Å². The molecule has 1 amide bonds. The first-order valence-corrected chi connectivity index (χ1v) is 6.74. The van der Waals surface area contributed by atoms with Crippen molar-refractivity contribution in [2.24, 2.45) is 5.92 Å². The SMILES string of the molecule is Cc1sc(=O)n(CC(=O)N[C@@H](C(=O)O)C(C)C)c1C. The Bertz CT molecular complexity index is 544. The number of carboxylic acids is 1. The Hall–Kier alpha value is -1.63. The first kappa shape index (κ1) is 15.4. The fraction of sp³-hybridized carbons (Fsp3) is 0.583. The smallest absolute Gasteiger partial charge is 0.326 e. The molecule has 6 nitrogen and oxygen atoms in total. The summed E-state index contributed by atoms with van der Waals surface area (Å²) in [6.07, 6.45) is 0. The number of aryl methyl sites for hydroxylation is 1. The number of carbonyl (C=O) groups is 2. The van der Waals surface area contributed by atoms with Crippen LogP contribution in [0, 0.1) is 19.8 Å². The maximum atomic E-state index is 11.8. The van der Waals surface area contributed by atoms with Gasteiger partial charge in [0.25, 0.3) is 0 Å². The number of amides is 1. The van der Waals surface area contributed by atoms with Crippen molar-refractivity contribution >= 4 is 23.2 Å². The van der Waals surface area contributed by atoms with E-state index in [4.69, 9.17) is 5.11 Å². The predicted octanol–water partition coefficient (Wildman–Crippen LogP) is 0.752. The van der Waals surface area contributed by atoms with Gasteiger partial charge in [-0.15, -0.1) is 0 Å². The standard InChI is InChI=1S/C12H18N2O4S/c1-6(2)10(11(16)17)13-9(15)5-14-7(3)8(4)19-12(14)18/h6,10H,5H2,1-4H3,(H,13,15)(H,16,17)/t10-/m1/s1. The van der Waals surface area contributed by atoms with E-state index < -0.39 is 17.9 Å². The number of thiazole rings is 1. The van der Waals surface area contributed by atoms with Gasteiger partial charge in [-0.1, -0.05) is 25.2 Å². The molecule has 1 atom stereocenters. The van der Waals surface area contributed by atoms with Crippen molar-refractivity contribution < 1.29 is 14.7 Å². The normalized spacial score (nSPS) is 12.5. The van der Waals surface area contributed by atoms with Crippen LogP contribution >= 0.6 is 11.3 Å². The number of aliphatic carboxylic acids is 1. The summed E-state index contributed by atoms with van der Waals surface area (Å²) in [5.74, 6) is -1.76. The molecule has 0 bridgehead atoms. The van der Waals surface area contributed by atoms with Gasteiger partial charge in [-0.25, -0.2) is 4.79 Å². The second-order valence-corrected chi connectivity index (χ2v) is 5.89. The minimum atomic E-state index is -1.08. The van der Waals surface area contributed by atoms with E-state index in [1.54, 1.807) is 20.8 Å². The van der Waals surface area contributed by atoms with Crippen LogP contribution < -0.4 is 10.2 Å². The first-order chi connectivity index (χ1) is 8.73. The number of nitrogens with one attached hydrogen (secondary N) is 1. The van der Waals surface area contributed by atoms with Gasteiger partial charge in [0.15, 0.2) is 0 Å². The molecule has 106 valence electrons. The van der Waals surface area contributed by atoms with Crippen LogP contribution in [-0.4, -0.2) is 27.6 Å². The lowest BCUT2D eigenvalue weighted by molar-refractivity contribution is -0.143. The van der Waals surface area contributed by atoms with Gasteiger partial charge in [0.2, 0.25) is 5.91 Å². The minimum Gasteiger partial charge on any atom is -0.480 e. The van der Waals surface area contributed by atoms with E-state index in [2.05, 4.69) is 5.32 Å². The van der Waals surface area contributed by atoms with Crippen LogP contribution in [0.15, 0.2) is 4.79 Å². The number of carboxylic acid groups (broad SMARTS) is 1. The van der Waals surface area contributed by atoms with E-state index in [1.165, 1.54) is 4.57 Å². The van der Waals surface area contributed by atoms with Crippen molar-refractivity contribution in [3.05, 3.63) is 20.2 Å². The molecule has 0 aliphatic carbocycles. The highest BCUT2D eigenvalue weighted by Crippen LogP contribution is 2.09. The second kappa shape index (κ2) is 6.01. The maximum absolute atomic E-state index is 11.8. The summed E-state index contributed by atoms with van der Waals surface area (Å²) in [6.45, 7) is 6.85. The lowest BCUT2D eigenvalue weighted by Crippen LogP contribution is -2.46. The Kier molecular flexibility index (Phi) is 4.88. The van der Waals surface area contributed by atoms with Crippen molar-refractivity contribution in [1.82, 2.24) is 9.88 Å². The summed E-state index contributed by atoms with van der Waals surface area (Å²) in [7, 11) is 0. The molecule has 0 saturated carbocycles. The monoisotopic (exact) mass is 286 g/mol. The summed E-state index contributed by atoms with van der Waals surface area (Å²) in [4.78, 5) is 35.1. The third-order valence-corrected chi connectivity index (χ3v) is 3.92. The van der Waals surface area contributed by atoms with Crippen LogP contribution in [0.5, 0.6) is 0 Å². The Morgan fingerprint density at radius 3 is 2.32 bits per heavy atom. The lowest BCUT2D eigenvalue weighted by atomic mass is 10.1. The molecule has 1 aromatic heterocycles. The maximum Gasteiger partial charge on any atom is 0.326 e. The zero-order chi connectivity index (χ0) is 14.7. The quantitative estimate of drug-likeness (QED) is 0.836. The average molecular weight is 286 g/mol. The zero-order valence-corrected chi connectivity index (χ0v) is 12.2. The van der Waals surface area contributed by atoms with Crippen LogP contribution in [0.1, 0.15) is 24.4 Å². The molecule has 0 fully saturated rings. The van der Waals surface area contributed by atoms with E-state index in [1.807, 2.05) is 6.92 Å². The number of rotatable bonds is 5. The van der Waals surface area contributed by atoms with Gasteiger partial charge in [-0.3, -0.25) is 14.2 Å². The van der Waals surface area contributed by atoms with E-state index in [-0.39, 0.29) is 17.3 Å². The molecule has 7 heteroatoms. The van der Waals surface area contributed by atoms with Gasteiger partial charge < -0.3 is 10.4 Å². The Labute approximate surface area is 115 Å². The molecule has 1 rings (SSSR count). The molecule has 0 spiro atoms. The highest BCUT2D eigenvalue weighted by Gasteiger charge is 2.24. The molecule has 2 N–H and O–H groups in total. The summed E-state index contributed by atoms with van der Waals surface area (Å²) >= 11 is 1.08. The molecule has 0 saturated heterocycles. The van der Waals surface area contributed by atoms with Crippen LogP contribution in [0.4, 0.5) is 0 Å². The van der Waals surface area contributed by atoms with Gasteiger partial charge in [-0.05, 0) is 19.8 Å². The van der Waals surface area contributed by atoms with Gasteiger partial charge in [0.1, 0.15) is 12.6 Å². The molecule has 1 aromatic rings. The topological polar surface area (TPSA) is 88.4 Å². The second-order valence-electron chi connectivity index (χ2n) is 4.72. The first-order valence-electron chi connectivity index (χ1n) is 5.93. The number of hydrogen-bond acceptors (Lipinski definition) is 4. The van der Waals surface area contributed by atoms with Gasteiger partial charge in [0, 0.05) is 10.6 Å². The van der Waals surface area contributed by atoms with Gasteiger partial charge >= 0.3 is 10.8 Å². The molecular weight excluding hydrogens is 268 g/mol. The van der Waals surface area contributed by atoms with Gasteiger partial charge in [-0.2, -0.15) is 0 Å². The van der Waals surface area contributed by atoms with E-state index in [9.17, 15) is 14.4 Å². The molecule has 1 heterocycles. The highest BCUT2D eigenvalue weighted by atomic mass is 32.1. The molecular formula is C12H18N2O4S. The molecule has 0 aromatic carbocycles. The average Bonchev–Trinajstić information content (AvgIpc) is 2.52. The highest BCUT2D eigenvalue weighted by molar-refractivity contribution is 7.09. The fourth-order valence-corrected chi connectivity index (χ4v) is 2.48. The molecule has 0 aliphatic rings. The number of aromatic nitrogens is 1. The van der Waals surface area contributed by atoms with Crippen molar-refractivity contribution in [2.45, 2.75) is 40.3 Å². The largest absolute Gasteiger partial charge is 0.480 e. The summed E-state index contributed by atoms with van der Waals surface area (Å²) in [5, 5.41) is 11.4. The fourth-order valence-electron chi connectivity index (χ4n) is 1.65. The molecule has 19 heavy (non-hydrogen) atoms. The van der Waals surface area contributed by atoms with Crippen LogP contribution in [-0.2, 0) is 16.1 Å². The zero-order valence-electron chi connectivity index (χ0n) is 11.4. The molecule has 0 unspecified atom stereocenters. The van der Waals surface area contributed by atoms with Crippen molar-refractivity contribution in [3.63, 3.8) is 0 Å². The number of hydrogen-bond donors (Lipinski definition) is 2. The Balaban J connectivity index is 2.80. The van der Waals surface area contributed by atoms with E-state index in [0.717, 1.165) is 21.9 Å². The predicted molar refractivity (Wildman–Crippen MR) is 72.5 cm³/mol. The third-order valence-electron chi connectivity index (χ3n) is 2.93. The summed E-state index contributed by atoms with van der Waals surface area (Å²) in [5.41, 5.74) is 0.738. The van der Waals surface area contributed by atoms with Crippen molar-refractivity contribution in [3.8, 4) is 0 Å². The third kappa shape index (κ3) is 3.66. The van der Waals surface area contributed by atoms with E-state index >= 15 is 0 Å². The summed E-state index contributed by atoms with van der Waals surface area (Å²) < 4.78 is 1.36. The van der Waals surface area contributed by atoms with Crippen molar-refractivity contribution in [2.75, 3.05) is 0 Å². The van der Waals surface area contributed by atoms with Crippen molar-refractivity contribution in [1.29, 1.82) is 0 Å². The number of nitrogens with zero attached hydrogens (tertiary/aromatic N) is 1. The summed E-state index contributed by atoms with van der Waals surface area (Å²) in [6, 6.07) is -0.941. The Morgan fingerprint density at radius 2 is 1.95 bits per heavy atom. The molecule has 0 radical (unpaired) electrons. The Morgan fingerprint density at radius 1 is 1.37 bits per heavy atom. The minimum absolute atomic E-state index is 0.147. The van der Waals surface area contributed by atoms with Crippen LogP contribution in [0.3, 0.4) is 0 Å². The van der Waals surface area contributed by atoms with Crippen LogP contribution in [0.25, 0.3) is 0 Å². The molecule has 0 aliphatic heterocycles. The number of carbonyl (C=O) groups excluding carboxylic acids is 1. The lowest BCUT2D eigenvalue weighted by Gasteiger charge is -2.18. The van der Waals surface area contributed by atoms with E-state index in [0.29, 0.717) is 0 Å². The van der Waals surface area contributed by atoms with Gasteiger partial charge in [0.05, 0.1) is 0 Å².